The summed E-state index contributed by atoms with van der Waals surface area (Å²) < 4.78 is 0.285. The molecule has 0 atom stereocenters. The molecule has 4 heteroatoms. The van der Waals surface area contributed by atoms with Crippen molar-refractivity contribution >= 4 is 17.7 Å². The molecular formula is C16H30N2OS. The zero-order chi connectivity index (χ0) is 14.6. The highest BCUT2D eigenvalue weighted by molar-refractivity contribution is 8.00. The van der Waals surface area contributed by atoms with Crippen molar-refractivity contribution in [2.24, 2.45) is 17.1 Å². The highest BCUT2D eigenvalue weighted by Gasteiger charge is 2.41. The third kappa shape index (κ3) is 3.33. The lowest BCUT2D eigenvalue weighted by Gasteiger charge is -2.38. The molecule has 0 spiro atoms. The van der Waals surface area contributed by atoms with Gasteiger partial charge < -0.3 is 11.1 Å². The number of nitrogens with two attached hydrogens (primary N) is 1. The van der Waals surface area contributed by atoms with E-state index >= 15 is 0 Å². The van der Waals surface area contributed by atoms with Crippen LogP contribution in [0, 0.1) is 11.3 Å². The summed E-state index contributed by atoms with van der Waals surface area (Å²) in [5.74, 6) is 0.960. The molecule has 0 aromatic rings. The van der Waals surface area contributed by atoms with Gasteiger partial charge in [0, 0.05) is 17.8 Å². The molecule has 2 aliphatic carbocycles. The van der Waals surface area contributed by atoms with Gasteiger partial charge in [-0.05, 0) is 50.7 Å². The molecule has 0 bridgehead atoms. The van der Waals surface area contributed by atoms with Crippen LogP contribution in [0.3, 0.4) is 0 Å². The van der Waals surface area contributed by atoms with E-state index in [1.807, 2.05) is 11.8 Å². The molecule has 2 saturated carbocycles. The Morgan fingerprint density at radius 3 is 2.35 bits per heavy atom. The van der Waals surface area contributed by atoms with Gasteiger partial charge in [-0.15, -0.1) is 0 Å². The molecule has 116 valence electrons. The zero-order valence-electron chi connectivity index (χ0n) is 13.0. The van der Waals surface area contributed by atoms with Gasteiger partial charge in [0.15, 0.2) is 0 Å². The van der Waals surface area contributed by atoms with Crippen LogP contribution in [0.4, 0.5) is 0 Å². The summed E-state index contributed by atoms with van der Waals surface area (Å²) in [6.07, 6.45) is 11.5. The molecule has 0 heterocycles. The maximum Gasteiger partial charge on any atom is 0.227 e. The van der Waals surface area contributed by atoms with E-state index in [1.54, 1.807) is 0 Å². The standard InChI is InChI=1S/C16H30N2OS/c1-13-5-9-15(11-17,10-6-13)14(19)18-12-16(20-2)7-3-4-8-16/h13H,3-12,17H2,1-2H3,(H,18,19). The van der Waals surface area contributed by atoms with Gasteiger partial charge in [-0.3, -0.25) is 4.79 Å². The van der Waals surface area contributed by atoms with Crippen LogP contribution in [0.5, 0.6) is 0 Å². The first kappa shape index (κ1) is 16.2. The van der Waals surface area contributed by atoms with E-state index in [0.717, 1.165) is 38.1 Å². The van der Waals surface area contributed by atoms with E-state index in [-0.39, 0.29) is 16.1 Å². The first-order valence-corrected chi connectivity index (χ1v) is 9.32. The summed E-state index contributed by atoms with van der Waals surface area (Å²) in [6, 6.07) is 0. The van der Waals surface area contributed by atoms with E-state index in [2.05, 4.69) is 18.5 Å². The second-order valence-corrected chi connectivity index (χ2v) is 8.22. The first-order chi connectivity index (χ1) is 9.56. The summed E-state index contributed by atoms with van der Waals surface area (Å²) in [5.41, 5.74) is 5.68. The average Bonchev–Trinajstić information content (AvgIpc) is 2.95. The molecule has 2 fully saturated rings. The van der Waals surface area contributed by atoms with Crippen LogP contribution in [0.2, 0.25) is 0 Å². The van der Waals surface area contributed by atoms with Gasteiger partial charge in [-0.25, -0.2) is 0 Å². The lowest BCUT2D eigenvalue weighted by Crippen LogP contribution is -2.50. The Labute approximate surface area is 127 Å². The van der Waals surface area contributed by atoms with Crippen LogP contribution in [-0.4, -0.2) is 30.0 Å². The highest BCUT2D eigenvalue weighted by atomic mass is 32.2. The van der Waals surface area contributed by atoms with Gasteiger partial charge in [0.25, 0.3) is 0 Å². The van der Waals surface area contributed by atoms with Crippen molar-refractivity contribution < 1.29 is 4.79 Å². The molecule has 0 radical (unpaired) electrons. The van der Waals surface area contributed by atoms with Gasteiger partial charge in [0.05, 0.1) is 5.41 Å². The molecule has 1 amide bonds. The summed E-state index contributed by atoms with van der Waals surface area (Å²) in [6.45, 7) is 3.60. The molecule has 2 rings (SSSR count). The monoisotopic (exact) mass is 298 g/mol. The Hall–Kier alpha value is -0.220. The molecule has 0 aliphatic heterocycles. The Bertz CT molecular complexity index is 331. The molecule has 0 aromatic heterocycles. The molecule has 0 unspecified atom stereocenters. The quantitative estimate of drug-likeness (QED) is 0.820. The molecule has 20 heavy (non-hydrogen) atoms. The largest absolute Gasteiger partial charge is 0.354 e. The summed E-state index contributed by atoms with van der Waals surface area (Å²) >= 11 is 1.93. The van der Waals surface area contributed by atoms with Crippen LogP contribution in [-0.2, 0) is 4.79 Å². The minimum absolute atomic E-state index is 0.215. The van der Waals surface area contributed by atoms with Gasteiger partial charge in [-0.1, -0.05) is 19.8 Å². The maximum absolute atomic E-state index is 12.7. The predicted molar refractivity (Wildman–Crippen MR) is 86.8 cm³/mol. The zero-order valence-corrected chi connectivity index (χ0v) is 13.9. The minimum atomic E-state index is -0.287. The number of hydrogen-bond donors (Lipinski definition) is 2. The normalized spacial score (nSPS) is 33.0. The second-order valence-electron chi connectivity index (χ2n) is 6.94. The van der Waals surface area contributed by atoms with Crippen molar-refractivity contribution in [1.29, 1.82) is 0 Å². The number of amides is 1. The maximum atomic E-state index is 12.7. The summed E-state index contributed by atoms with van der Waals surface area (Å²) in [5, 5.41) is 3.25. The van der Waals surface area contributed by atoms with E-state index in [9.17, 15) is 4.79 Å². The first-order valence-electron chi connectivity index (χ1n) is 8.09. The Kier molecular flexibility index (Phi) is 5.41. The lowest BCUT2D eigenvalue weighted by atomic mass is 9.70. The van der Waals surface area contributed by atoms with Crippen molar-refractivity contribution in [2.75, 3.05) is 19.3 Å². The van der Waals surface area contributed by atoms with Gasteiger partial charge in [0.1, 0.15) is 0 Å². The third-order valence-electron chi connectivity index (χ3n) is 5.62. The minimum Gasteiger partial charge on any atom is -0.354 e. The molecule has 2 aliphatic rings. The smallest absolute Gasteiger partial charge is 0.227 e. The molecule has 0 aromatic carbocycles. The number of thioether (sulfide) groups is 1. The van der Waals surface area contributed by atoms with Crippen LogP contribution < -0.4 is 11.1 Å². The van der Waals surface area contributed by atoms with Gasteiger partial charge >= 0.3 is 0 Å². The predicted octanol–water partition coefficient (Wildman–Crippen LogP) is 2.93. The number of rotatable bonds is 5. The highest BCUT2D eigenvalue weighted by Crippen LogP contribution is 2.41. The van der Waals surface area contributed by atoms with Gasteiger partial charge in [0.2, 0.25) is 5.91 Å². The van der Waals surface area contributed by atoms with Crippen molar-refractivity contribution in [3.8, 4) is 0 Å². The summed E-state index contributed by atoms with van der Waals surface area (Å²) in [7, 11) is 0. The number of nitrogens with one attached hydrogen (secondary N) is 1. The van der Waals surface area contributed by atoms with Crippen molar-refractivity contribution in [1.82, 2.24) is 5.32 Å². The fourth-order valence-corrected chi connectivity index (χ4v) is 4.65. The van der Waals surface area contributed by atoms with Crippen LogP contribution >= 0.6 is 11.8 Å². The SMILES string of the molecule is CSC1(CNC(=O)C2(CN)CCC(C)CC2)CCCC1. The second kappa shape index (κ2) is 6.69. The van der Waals surface area contributed by atoms with E-state index in [0.29, 0.717) is 6.54 Å². The van der Waals surface area contributed by atoms with Crippen LogP contribution in [0.25, 0.3) is 0 Å². The summed E-state index contributed by atoms with van der Waals surface area (Å²) in [4.78, 5) is 12.7. The van der Waals surface area contributed by atoms with E-state index < -0.39 is 0 Å². The topological polar surface area (TPSA) is 55.1 Å². The average molecular weight is 298 g/mol. The Balaban J connectivity index is 1.92. The number of hydrogen-bond acceptors (Lipinski definition) is 3. The number of carbonyl (C=O) groups excluding carboxylic acids is 1. The van der Waals surface area contributed by atoms with Crippen molar-refractivity contribution in [3.05, 3.63) is 0 Å². The molecule has 0 saturated heterocycles. The van der Waals surface area contributed by atoms with Crippen LogP contribution in [0.15, 0.2) is 0 Å². The number of carbonyl (C=O) groups is 1. The fourth-order valence-electron chi connectivity index (χ4n) is 3.74. The Morgan fingerprint density at radius 1 is 1.25 bits per heavy atom. The van der Waals surface area contributed by atoms with Gasteiger partial charge in [-0.2, -0.15) is 11.8 Å². The Morgan fingerprint density at radius 2 is 1.85 bits per heavy atom. The third-order valence-corrected chi connectivity index (χ3v) is 7.04. The van der Waals surface area contributed by atoms with Crippen LogP contribution in [0.1, 0.15) is 58.3 Å². The van der Waals surface area contributed by atoms with E-state index in [4.69, 9.17) is 5.73 Å². The van der Waals surface area contributed by atoms with E-state index in [1.165, 1.54) is 25.7 Å². The van der Waals surface area contributed by atoms with Crippen molar-refractivity contribution in [2.45, 2.75) is 63.0 Å². The lowest BCUT2D eigenvalue weighted by molar-refractivity contribution is -0.132. The van der Waals surface area contributed by atoms with Crippen molar-refractivity contribution in [3.63, 3.8) is 0 Å². The molecule has 3 N–H and O–H groups in total. The molecular weight excluding hydrogens is 268 g/mol. The fraction of sp³-hybridized carbons (Fsp3) is 0.938. The molecule has 3 nitrogen and oxygen atoms in total.